The van der Waals surface area contributed by atoms with Gasteiger partial charge in [0.05, 0.1) is 26.4 Å². The lowest BCUT2D eigenvalue weighted by molar-refractivity contribution is 0.0238. The van der Waals surface area contributed by atoms with Crippen LogP contribution in [0.5, 0.6) is 0 Å². The Balaban J connectivity index is 1.67. The predicted molar refractivity (Wildman–Crippen MR) is 117 cm³/mol. The van der Waals surface area contributed by atoms with Gasteiger partial charge < -0.3 is 14.2 Å². The van der Waals surface area contributed by atoms with Crippen molar-refractivity contribution < 1.29 is 14.2 Å². The van der Waals surface area contributed by atoms with E-state index in [-0.39, 0.29) is 0 Å². The van der Waals surface area contributed by atoms with E-state index in [9.17, 15) is 0 Å². The maximum absolute atomic E-state index is 5.83. The monoisotopic (exact) mass is 496 g/mol. The van der Waals surface area contributed by atoms with E-state index >= 15 is 0 Å². The molecular weight excluding hydrogens is 472 g/mol. The van der Waals surface area contributed by atoms with Gasteiger partial charge in [0.15, 0.2) is 0 Å². The van der Waals surface area contributed by atoms with Gasteiger partial charge in [0.1, 0.15) is 0 Å². The van der Waals surface area contributed by atoms with Crippen molar-refractivity contribution >= 4 is 31.9 Å². The fraction of sp³-hybridized carbons (Fsp3) is 0.455. The van der Waals surface area contributed by atoms with Crippen LogP contribution < -0.4 is 0 Å². The average molecular weight is 498 g/mol. The van der Waals surface area contributed by atoms with Crippen LogP contribution >= 0.6 is 31.9 Å². The molecule has 1 aliphatic carbocycles. The van der Waals surface area contributed by atoms with E-state index in [0.717, 1.165) is 23.7 Å². The Labute approximate surface area is 178 Å². The Morgan fingerprint density at radius 3 is 1.78 bits per heavy atom. The predicted octanol–water partition coefficient (Wildman–Crippen LogP) is 5.66. The van der Waals surface area contributed by atoms with Gasteiger partial charge in [-0.05, 0) is 39.8 Å². The van der Waals surface area contributed by atoms with E-state index in [2.05, 4.69) is 68.3 Å². The average Bonchev–Trinajstić information content (AvgIpc) is 3.02. The third kappa shape index (κ3) is 5.21. The van der Waals surface area contributed by atoms with Crippen molar-refractivity contribution in [3.05, 3.63) is 58.7 Å². The Kier molecular flexibility index (Phi) is 8.34. The molecule has 0 atom stereocenters. The van der Waals surface area contributed by atoms with Crippen molar-refractivity contribution in [3.8, 4) is 11.1 Å². The highest BCUT2D eigenvalue weighted by Gasteiger charge is 2.28. The second-order valence-corrected chi connectivity index (χ2v) is 7.79. The fourth-order valence-electron chi connectivity index (χ4n) is 3.60. The summed E-state index contributed by atoms with van der Waals surface area (Å²) in [6.07, 6.45) is 0.982. The molecule has 1 aliphatic rings. The van der Waals surface area contributed by atoms with Crippen molar-refractivity contribution in [2.45, 2.75) is 23.0 Å². The number of fused-ring (bicyclic) bond motifs is 3. The van der Waals surface area contributed by atoms with Crippen LogP contribution in [0.4, 0.5) is 0 Å². The number of rotatable bonds is 11. The first-order valence-electron chi connectivity index (χ1n) is 9.30. The molecule has 3 nitrogen and oxygen atoms in total. The lowest BCUT2D eigenvalue weighted by Crippen LogP contribution is -2.10. The molecule has 146 valence electrons. The molecule has 27 heavy (non-hydrogen) atoms. The largest absolute Gasteiger partial charge is 0.382 e. The molecule has 0 radical (unpaired) electrons. The first-order valence-corrected chi connectivity index (χ1v) is 11.5. The molecule has 3 rings (SSSR count). The summed E-state index contributed by atoms with van der Waals surface area (Å²) in [5, 5.41) is 1.76. The van der Waals surface area contributed by atoms with Gasteiger partial charge in [-0.25, -0.2) is 0 Å². The highest BCUT2D eigenvalue weighted by atomic mass is 79.9. The molecule has 0 saturated heterocycles. The van der Waals surface area contributed by atoms with E-state index < -0.39 is 0 Å². The number of hydrogen-bond donors (Lipinski definition) is 0. The van der Waals surface area contributed by atoms with Crippen molar-refractivity contribution in [2.75, 3.05) is 40.1 Å². The number of hydrogen-bond acceptors (Lipinski definition) is 3. The molecule has 0 saturated carbocycles. The van der Waals surface area contributed by atoms with E-state index in [1.165, 1.54) is 33.4 Å². The summed E-state index contributed by atoms with van der Waals surface area (Å²) in [6, 6.07) is 13.6. The lowest BCUT2D eigenvalue weighted by Gasteiger charge is -2.15. The normalized spacial score (nSPS) is 13.0. The van der Waals surface area contributed by atoms with Crippen LogP contribution in [0.2, 0.25) is 0 Å². The molecule has 0 fully saturated rings. The molecule has 0 aliphatic heterocycles. The van der Waals surface area contributed by atoms with Crippen molar-refractivity contribution in [3.63, 3.8) is 0 Å². The van der Waals surface area contributed by atoms with Crippen LogP contribution in [-0.2, 0) is 24.9 Å². The van der Waals surface area contributed by atoms with Gasteiger partial charge >= 0.3 is 0 Å². The minimum Gasteiger partial charge on any atom is -0.382 e. The summed E-state index contributed by atoms with van der Waals surface area (Å²) in [5.41, 5.74) is 8.22. The van der Waals surface area contributed by atoms with Gasteiger partial charge in [-0.15, -0.1) is 0 Å². The van der Waals surface area contributed by atoms with E-state index in [4.69, 9.17) is 14.2 Å². The first-order chi connectivity index (χ1) is 13.3. The second-order valence-electron chi connectivity index (χ2n) is 6.67. The molecule has 0 aromatic heterocycles. The zero-order chi connectivity index (χ0) is 19.1. The minimum atomic E-state index is 0.391. The summed E-state index contributed by atoms with van der Waals surface area (Å²) >= 11 is 7.18. The zero-order valence-electron chi connectivity index (χ0n) is 15.7. The van der Waals surface area contributed by atoms with Gasteiger partial charge in [0.2, 0.25) is 0 Å². The van der Waals surface area contributed by atoms with Gasteiger partial charge in [-0.3, -0.25) is 0 Å². The maximum atomic E-state index is 5.83. The molecule has 0 N–H and O–H groups in total. The molecule has 5 heteroatoms. The number of benzene rings is 2. The molecule has 2 aromatic rings. The number of ether oxygens (including phenoxy) is 3. The van der Waals surface area contributed by atoms with Crippen LogP contribution in [0.1, 0.15) is 34.6 Å². The maximum Gasteiger partial charge on any atom is 0.0701 e. The summed E-state index contributed by atoms with van der Waals surface area (Å²) in [6.45, 7) is 3.21. The topological polar surface area (TPSA) is 27.7 Å². The molecular formula is C22H26Br2O3. The Morgan fingerprint density at radius 1 is 0.741 bits per heavy atom. The smallest absolute Gasteiger partial charge is 0.0701 e. The number of methoxy groups -OCH3 is 1. The summed E-state index contributed by atoms with van der Waals surface area (Å²) < 4.78 is 16.3. The summed E-state index contributed by atoms with van der Waals surface area (Å²) in [5.74, 6) is 0.391. The van der Waals surface area contributed by atoms with E-state index in [1.54, 1.807) is 7.11 Å². The molecule has 0 heterocycles. The van der Waals surface area contributed by atoms with Crippen LogP contribution in [0.3, 0.4) is 0 Å². The van der Waals surface area contributed by atoms with Gasteiger partial charge in [0, 0.05) is 30.3 Å². The quantitative estimate of drug-likeness (QED) is 0.296. The zero-order valence-corrected chi connectivity index (χ0v) is 18.9. The molecule has 0 bridgehead atoms. The second kappa shape index (κ2) is 10.7. The van der Waals surface area contributed by atoms with Gasteiger partial charge in [-0.2, -0.15) is 0 Å². The fourth-order valence-corrected chi connectivity index (χ4v) is 4.30. The molecule has 0 spiro atoms. The van der Waals surface area contributed by atoms with Crippen LogP contribution in [0.25, 0.3) is 11.1 Å². The lowest BCUT2D eigenvalue weighted by atomic mass is 9.92. The Morgan fingerprint density at radius 2 is 1.26 bits per heavy atom. The Hall–Kier alpha value is -0.720. The number of alkyl halides is 2. The Bertz CT molecular complexity index is 695. The standard InChI is InChI=1S/C22H26Br2O3/c1-25-8-9-27-11-10-26-7-6-20-21-12-16(14-23)2-4-18(21)19-5-3-17(15-24)13-22(19)20/h2-5,12-13,20H,6-11,14-15H2,1H3. The highest BCUT2D eigenvalue weighted by Crippen LogP contribution is 2.47. The van der Waals surface area contributed by atoms with Crippen molar-refractivity contribution in [1.29, 1.82) is 0 Å². The van der Waals surface area contributed by atoms with Gasteiger partial charge in [-0.1, -0.05) is 68.3 Å². The third-order valence-electron chi connectivity index (χ3n) is 4.94. The van der Waals surface area contributed by atoms with E-state index in [0.29, 0.717) is 32.3 Å². The molecule has 2 aromatic carbocycles. The molecule has 0 unspecified atom stereocenters. The first kappa shape index (κ1) is 21.0. The number of halogens is 2. The highest BCUT2D eigenvalue weighted by molar-refractivity contribution is 9.08. The van der Waals surface area contributed by atoms with Crippen LogP contribution in [0, 0.1) is 0 Å². The van der Waals surface area contributed by atoms with Crippen LogP contribution in [0.15, 0.2) is 36.4 Å². The third-order valence-corrected chi connectivity index (χ3v) is 6.23. The minimum absolute atomic E-state index is 0.391. The van der Waals surface area contributed by atoms with Crippen molar-refractivity contribution in [1.82, 2.24) is 0 Å². The molecule has 0 amide bonds. The summed E-state index contributed by atoms with van der Waals surface area (Å²) in [4.78, 5) is 0. The van der Waals surface area contributed by atoms with Crippen LogP contribution in [-0.4, -0.2) is 40.1 Å². The van der Waals surface area contributed by atoms with E-state index in [1.807, 2.05) is 0 Å². The summed E-state index contributed by atoms with van der Waals surface area (Å²) in [7, 11) is 1.68. The van der Waals surface area contributed by atoms with Crippen molar-refractivity contribution in [2.24, 2.45) is 0 Å². The van der Waals surface area contributed by atoms with Gasteiger partial charge in [0.25, 0.3) is 0 Å². The SMILES string of the molecule is COCCOCCOCCC1c2cc(CBr)ccc2-c2ccc(CBr)cc21.